The highest BCUT2D eigenvalue weighted by atomic mass is 35.5. The SMILES string of the molecule is CC(CSc1cc(Cl)ccc1Cl)C(=O)O. The van der Waals surface area contributed by atoms with Gasteiger partial charge in [0, 0.05) is 15.7 Å². The molecule has 15 heavy (non-hydrogen) atoms. The Hall–Kier alpha value is -0.380. The van der Waals surface area contributed by atoms with Crippen molar-refractivity contribution in [2.24, 2.45) is 5.92 Å². The average Bonchev–Trinajstić information content (AvgIpc) is 2.18. The molecule has 0 spiro atoms. The van der Waals surface area contributed by atoms with Crippen LogP contribution < -0.4 is 0 Å². The first kappa shape index (κ1) is 12.7. The number of thioether (sulfide) groups is 1. The lowest BCUT2D eigenvalue weighted by atomic mass is 10.2. The lowest BCUT2D eigenvalue weighted by Crippen LogP contribution is -2.11. The number of carboxylic acid groups (broad SMARTS) is 1. The van der Waals surface area contributed by atoms with Crippen LogP contribution in [-0.4, -0.2) is 16.8 Å². The molecule has 1 aromatic carbocycles. The van der Waals surface area contributed by atoms with Gasteiger partial charge in [-0.25, -0.2) is 0 Å². The number of halogens is 2. The van der Waals surface area contributed by atoms with E-state index in [4.69, 9.17) is 28.3 Å². The molecule has 0 heterocycles. The zero-order chi connectivity index (χ0) is 11.4. The van der Waals surface area contributed by atoms with Crippen LogP contribution in [0.5, 0.6) is 0 Å². The van der Waals surface area contributed by atoms with Gasteiger partial charge in [-0.3, -0.25) is 4.79 Å². The predicted octanol–water partition coefficient (Wildman–Crippen LogP) is 3.81. The average molecular weight is 265 g/mol. The quantitative estimate of drug-likeness (QED) is 0.841. The van der Waals surface area contributed by atoms with Gasteiger partial charge in [-0.2, -0.15) is 0 Å². The summed E-state index contributed by atoms with van der Waals surface area (Å²) in [5.41, 5.74) is 0. The van der Waals surface area contributed by atoms with E-state index in [-0.39, 0.29) is 0 Å². The van der Waals surface area contributed by atoms with Gasteiger partial charge >= 0.3 is 5.97 Å². The van der Waals surface area contributed by atoms with Crippen LogP contribution in [0.25, 0.3) is 0 Å². The molecular formula is C10H10Cl2O2S. The minimum atomic E-state index is -0.805. The summed E-state index contributed by atoms with van der Waals surface area (Å²) in [6.45, 7) is 1.66. The third-order valence-electron chi connectivity index (χ3n) is 1.80. The number of carbonyl (C=O) groups is 1. The monoisotopic (exact) mass is 264 g/mol. The van der Waals surface area contributed by atoms with Crippen molar-refractivity contribution in [3.8, 4) is 0 Å². The van der Waals surface area contributed by atoms with E-state index in [0.717, 1.165) is 4.90 Å². The van der Waals surface area contributed by atoms with E-state index in [0.29, 0.717) is 15.8 Å². The summed E-state index contributed by atoms with van der Waals surface area (Å²) in [5.74, 6) is -0.722. The second kappa shape index (κ2) is 5.64. The van der Waals surface area contributed by atoms with E-state index in [9.17, 15) is 4.79 Å². The summed E-state index contributed by atoms with van der Waals surface area (Å²) >= 11 is 13.1. The molecule has 0 aliphatic heterocycles. The molecule has 82 valence electrons. The van der Waals surface area contributed by atoms with E-state index >= 15 is 0 Å². The number of rotatable bonds is 4. The Morgan fingerprint density at radius 2 is 2.20 bits per heavy atom. The predicted molar refractivity (Wildman–Crippen MR) is 64.0 cm³/mol. The van der Waals surface area contributed by atoms with Crippen molar-refractivity contribution in [3.63, 3.8) is 0 Å². The fourth-order valence-electron chi connectivity index (χ4n) is 0.874. The molecule has 0 radical (unpaired) electrons. The zero-order valence-corrected chi connectivity index (χ0v) is 10.4. The summed E-state index contributed by atoms with van der Waals surface area (Å²) in [4.78, 5) is 11.4. The van der Waals surface area contributed by atoms with Gasteiger partial charge in [0.2, 0.25) is 0 Å². The van der Waals surface area contributed by atoms with Crippen LogP contribution in [0.15, 0.2) is 23.1 Å². The molecule has 1 N–H and O–H groups in total. The van der Waals surface area contributed by atoms with Gasteiger partial charge in [-0.15, -0.1) is 11.8 Å². The molecule has 1 rings (SSSR count). The minimum absolute atomic E-state index is 0.398. The molecule has 1 atom stereocenters. The largest absolute Gasteiger partial charge is 0.481 e. The van der Waals surface area contributed by atoms with Crippen molar-refractivity contribution in [2.75, 3.05) is 5.75 Å². The molecule has 1 unspecified atom stereocenters. The molecule has 0 saturated heterocycles. The van der Waals surface area contributed by atoms with Gasteiger partial charge in [0.15, 0.2) is 0 Å². The maximum Gasteiger partial charge on any atom is 0.307 e. The Labute approximate surface area is 103 Å². The van der Waals surface area contributed by atoms with Crippen LogP contribution in [0.4, 0.5) is 0 Å². The first-order valence-corrected chi connectivity index (χ1v) is 6.05. The molecule has 5 heteroatoms. The maximum absolute atomic E-state index is 10.6. The smallest absolute Gasteiger partial charge is 0.307 e. The van der Waals surface area contributed by atoms with Crippen molar-refractivity contribution in [2.45, 2.75) is 11.8 Å². The highest BCUT2D eigenvalue weighted by Crippen LogP contribution is 2.30. The van der Waals surface area contributed by atoms with Crippen LogP contribution in [0.2, 0.25) is 10.0 Å². The van der Waals surface area contributed by atoms with Crippen molar-refractivity contribution in [3.05, 3.63) is 28.2 Å². The molecule has 0 saturated carbocycles. The molecule has 0 bridgehead atoms. The fourth-order valence-corrected chi connectivity index (χ4v) is 2.38. The Bertz CT molecular complexity index is 368. The van der Waals surface area contributed by atoms with Gasteiger partial charge < -0.3 is 5.11 Å². The van der Waals surface area contributed by atoms with Gasteiger partial charge in [0.25, 0.3) is 0 Å². The van der Waals surface area contributed by atoms with Gasteiger partial charge in [-0.05, 0) is 18.2 Å². The van der Waals surface area contributed by atoms with Gasteiger partial charge in [0.05, 0.1) is 10.9 Å². The molecule has 0 aliphatic rings. The normalized spacial score (nSPS) is 12.5. The third-order valence-corrected chi connectivity index (χ3v) is 3.80. The Kier molecular flexibility index (Phi) is 4.77. The van der Waals surface area contributed by atoms with E-state index in [1.165, 1.54) is 11.8 Å². The molecule has 0 fully saturated rings. The second-order valence-electron chi connectivity index (χ2n) is 3.13. The van der Waals surface area contributed by atoms with Crippen molar-refractivity contribution in [1.29, 1.82) is 0 Å². The zero-order valence-electron chi connectivity index (χ0n) is 8.04. The highest BCUT2D eigenvalue weighted by molar-refractivity contribution is 7.99. The molecule has 0 aromatic heterocycles. The third kappa shape index (κ3) is 3.93. The molecule has 2 nitrogen and oxygen atoms in total. The number of carboxylic acids is 1. The first-order valence-electron chi connectivity index (χ1n) is 4.31. The summed E-state index contributed by atoms with van der Waals surface area (Å²) < 4.78 is 0. The molecular weight excluding hydrogens is 255 g/mol. The van der Waals surface area contributed by atoms with Crippen LogP contribution in [-0.2, 0) is 4.79 Å². The van der Waals surface area contributed by atoms with Gasteiger partial charge in [-0.1, -0.05) is 30.1 Å². The van der Waals surface area contributed by atoms with Crippen LogP contribution in [0, 0.1) is 5.92 Å². The van der Waals surface area contributed by atoms with Crippen LogP contribution >= 0.6 is 35.0 Å². The van der Waals surface area contributed by atoms with Crippen molar-refractivity contribution >= 4 is 40.9 Å². The Morgan fingerprint density at radius 3 is 2.80 bits per heavy atom. The van der Waals surface area contributed by atoms with E-state index in [1.807, 2.05) is 0 Å². The number of hydrogen-bond acceptors (Lipinski definition) is 2. The Balaban J connectivity index is 2.65. The van der Waals surface area contributed by atoms with Crippen molar-refractivity contribution < 1.29 is 9.90 Å². The van der Waals surface area contributed by atoms with Crippen LogP contribution in [0.3, 0.4) is 0 Å². The summed E-state index contributed by atoms with van der Waals surface area (Å²) in [6.07, 6.45) is 0. The molecule has 0 amide bonds. The maximum atomic E-state index is 10.6. The van der Waals surface area contributed by atoms with Gasteiger partial charge in [0.1, 0.15) is 0 Å². The lowest BCUT2D eigenvalue weighted by molar-refractivity contribution is -0.140. The minimum Gasteiger partial charge on any atom is -0.481 e. The Morgan fingerprint density at radius 1 is 1.53 bits per heavy atom. The topological polar surface area (TPSA) is 37.3 Å². The lowest BCUT2D eigenvalue weighted by Gasteiger charge is -2.07. The van der Waals surface area contributed by atoms with Crippen molar-refractivity contribution in [1.82, 2.24) is 0 Å². The standard InChI is InChI=1S/C10H10Cl2O2S/c1-6(10(13)14)5-15-9-4-7(11)2-3-8(9)12/h2-4,6H,5H2,1H3,(H,13,14). The summed E-state index contributed by atoms with van der Waals surface area (Å²) in [5, 5.41) is 9.91. The summed E-state index contributed by atoms with van der Waals surface area (Å²) in [6, 6.07) is 5.15. The summed E-state index contributed by atoms with van der Waals surface area (Å²) in [7, 11) is 0. The second-order valence-corrected chi connectivity index (χ2v) is 5.03. The van der Waals surface area contributed by atoms with Crippen LogP contribution in [0.1, 0.15) is 6.92 Å². The fraction of sp³-hybridized carbons (Fsp3) is 0.300. The number of hydrogen-bond donors (Lipinski definition) is 1. The molecule has 0 aliphatic carbocycles. The van der Waals surface area contributed by atoms with E-state index in [2.05, 4.69) is 0 Å². The highest BCUT2D eigenvalue weighted by Gasteiger charge is 2.12. The number of aliphatic carboxylic acids is 1. The van der Waals surface area contributed by atoms with E-state index < -0.39 is 11.9 Å². The first-order chi connectivity index (χ1) is 7.00. The number of benzene rings is 1. The van der Waals surface area contributed by atoms with E-state index in [1.54, 1.807) is 25.1 Å². The molecule has 1 aromatic rings.